The number of aromatic nitrogens is 2. The lowest BCUT2D eigenvalue weighted by atomic mass is 10.00. The first kappa shape index (κ1) is 20.3. The van der Waals surface area contributed by atoms with Crippen molar-refractivity contribution in [2.24, 2.45) is 0 Å². The van der Waals surface area contributed by atoms with Crippen molar-refractivity contribution in [1.82, 2.24) is 9.55 Å². The fraction of sp³-hybridized carbons (Fsp3) is 0.318. The quantitative estimate of drug-likeness (QED) is 0.375. The predicted octanol–water partition coefficient (Wildman–Crippen LogP) is 6.90. The molecule has 3 rings (SSSR count). The maximum absolute atomic E-state index is 6.01. The van der Waals surface area contributed by atoms with Crippen LogP contribution in [-0.4, -0.2) is 14.3 Å². The molecule has 0 aliphatic heterocycles. The molecule has 1 atom stereocenters. The predicted molar refractivity (Wildman–Crippen MR) is 118 cm³/mol. The summed E-state index contributed by atoms with van der Waals surface area (Å²) in [5.74, 6) is 0.976. The van der Waals surface area contributed by atoms with Crippen LogP contribution in [0.2, 0.25) is 10.0 Å². The molecule has 0 N–H and O–H groups in total. The number of nitrogens with zero attached hydrogens (tertiary/aromatic N) is 2. The molecule has 3 aromatic rings. The lowest BCUT2D eigenvalue weighted by molar-refractivity contribution is 0.480. The number of halogens is 2. The van der Waals surface area contributed by atoms with Gasteiger partial charge >= 0.3 is 0 Å². The summed E-state index contributed by atoms with van der Waals surface area (Å²) in [5.41, 5.74) is 2.64. The van der Waals surface area contributed by atoms with E-state index in [0.29, 0.717) is 0 Å². The van der Waals surface area contributed by atoms with Crippen LogP contribution in [0.5, 0.6) is 0 Å². The smallest absolute Gasteiger partial charge is 0.0946 e. The fourth-order valence-corrected chi connectivity index (χ4v) is 4.61. The second kappa shape index (κ2) is 9.68. The van der Waals surface area contributed by atoms with E-state index in [9.17, 15) is 0 Å². The van der Waals surface area contributed by atoms with Gasteiger partial charge < -0.3 is 4.57 Å². The van der Waals surface area contributed by atoms with Crippen molar-refractivity contribution in [3.8, 4) is 0 Å². The van der Waals surface area contributed by atoms with Gasteiger partial charge in [-0.1, -0.05) is 47.5 Å². The third-order valence-corrected chi connectivity index (χ3v) is 6.67. The SMILES string of the molecule is CC(CCCc1ccc(Cl)cc1)(Cn1ccnc1)SCc1ccc(Cl)cc1. The van der Waals surface area contributed by atoms with Gasteiger partial charge in [-0.05, 0) is 61.6 Å². The van der Waals surface area contributed by atoms with Gasteiger partial charge in [-0.3, -0.25) is 0 Å². The highest BCUT2D eigenvalue weighted by molar-refractivity contribution is 7.99. The molecule has 0 fully saturated rings. The number of benzene rings is 2. The van der Waals surface area contributed by atoms with Crippen LogP contribution in [0.4, 0.5) is 0 Å². The van der Waals surface area contributed by atoms with Crippen molar-refractivity contribution in [2.45, 2.75) is 43.2 Å². The van der Waals surface area contributed by atoms with E-state index >= 15 is 0 Å². The Bertz CT molecular complexity index is 817. The highest BCUT2D eigenvalue weighted by atomic mass is 35.5. The van der Waals surface area contributed by atoms with Crippen LogP contribution in [-0.2, 0) is 18.7 Å². The van der Waals surface area contributed by atoms with E-state index in [2.05, 4.69) is 40.7 Å². The number of rotatable bonds is 9. The molecule has 1 aromatic heterocycles. The Morgan fingerprint density at radius 1 is 0.963 bits per heavy atom. The maximum Gasteiger partial charge on any atom is 0.0946 e. The van der Waals surface area contributed by atoms with Gasteiger partial charge in [-0.25, -0.2) is 4.98 Å². The van der Waals surface area contributed by atoms with Crippen molar-refractivity contribution in [1.29, 1.82) is 0 Å². The van der Waals surface area contributed by atoms with E-state index in [1.165, 1.54) is 11.1 Å². The molecule has 0 spiro atoms. The summed E-state index contributed by atoms with van der Waals surface area (Å²) in [4.78, 5) is 4.20. The molecule has 5 heteroatoms. The minimum absolute atomic E-state index is 0.132. The largest absolute Gasteiger partial charge is 0.336 e. The van der Waals surface area contributed by atoms with Gasteiger partial charge in [-0.15, -0.1) is 11.8 Å². The van der Waals surface area contributed by atoms with E-state index in [4.69, 9.17) is 23.2 Å². The summed E-state index contributed by atoms with van der Waals surface area (Å²) in [5, 5.41) is 1.58. The Kier molecular flexibility index (Phi) is 7.28. The molecule has 0 bridgehead atoms. The average molecular weight is 419 g/mol. The number of aryl methyl sites for hydroxylation is 1. The Hall–Kier alpha value is -1.42. The molecule has 0 aliphatic carbocycles. The Balaban J connectivity index is 1.61. The third kappa shape index (κ3) is 6.60. The molecule has 1 unspecified atom stereocenters. The fourth-order valence-electron chi connectivity index (χ4n) is 3.12. The summed E-state index contributed by atoms with van der Waals surface area (Å²) in [6.07, 6.45) is 9.13. The third-order valence-electron chi connectivity index (χ3n) is 4.66. The molecule has 1 heterocycles. The molecular formula is C22H24Cl2N2S. The molecule has 0 aliphatic rings. The van der Waals surface area contributed by atoms with Gasteiger partial charge in [0.15, 0.2) is 0 Å². The molecular weight excluding hydrogens is 395 g/mol. The average Bonchev–Trinajstić information content (AvgIpc) is 3.16. The van der Waals surface area contributed by atoms with Crippen LogP contribution in [0.3, 0.4) is 0 Å². The van der Waals surface area contributed by atoms with Crippen LogP contribution >= 0.6 is 35.0 Å². The molecule has 0 amide bonds. The van der Waals surface area contributed by atoms with E-state index in [0.717, 1.165) is 41.6 Å². The topological polar surface area (TPSA) is 17.8 Å². The van der Waals surface area contributed by atoms with Crippen LogP contribution < -0.4 is 0 Å². The molecule has 0 radical (unpaired) electrons. The molecule has 2 nitrogen and oxygen atoms in total. The highest BCUT2D eigenvalue weighted by Gasteiger charge is 2.25. The van der Waals surface area contributed by atoms with Crippen molar-refractivity contribution in [3.05, 3.63) is 88.4 Å². The second-order valence-electron chi connectivity index (χ2n) is 7.08. The van der Waals surface area contributed by atoms with Gasteiger partial charge in [0.25, 0.3) is 0 Å². The molecule has 0 saturated heterocycles. The van der Waals surface area contributed by atoms with Crippen LogP contribution in [0, 0.1) is 0 Å². The summed E-state index contributed by atoms with van der Waals surface area (Å²) in [6, 6.07) is 16.3. The summed E-state index contributed by atoms with van der Waals surface area (Å²) in [6.45, 7) is 3.31. The first-order valence-corrected chi connectivity index (χ1v) is 10.9. The summed E-state index contributed by atoms with van der Waals surface area (Å²) >= 11 is 14.0. The Morgan fingerprint density at radius 2 is 1.59 bits per heavy atom. The van der Waals surface area contributed by atoms with Crippen LogP contribution in [0.15, 0.2) is 67.3 Å². The van der Waals surface area contributed by atoms with Crippen molar-refractivity contribution in [3.63, 3.8) is 0 Å². The lowest BCUT2D eigenvalue weighted by Gasteiger charge is -2.30. The Morgan fingerprint density at radius 3 is 2.19 bits per heavy atom. The monoisotopic (exact) mass is 418 g/mol. The zero-order valence-electron chi connectivity index (χ0n) is 15.4. The standard InChI is InChI=1S/C22H24Cl2N2S/c1-22(16-26-14-13-25-17-26,27-15-19-6-10-21(24)11-7-19)12-2-3-18-4-8-20(23)9-5-18/h4-11,13-14,17H,2-3,12,15-16H2,1H3. The van der Waals surface area contributed by atoms with Crippen molar-refractivity contribution in [2.75, 3.05) is 0 Å². The van der Waals surface area contributed by atoms with Gasteiger partial charge in [0, 0.05) is 39.5 Å². The zero-order chi connectivity index (χ0) is 19.1. The van der Waals surface area contributed by atoms with Gasteiger partial charge in [0.2, 0.25) is 0 Å². The minimum atomic E-state index is 0.132. The number of thioether (sulfide) groups is 1. The first-order chi connectivity index (χ1) is 13.0. The van der Waals surface area contributed by atoms with E-state index in [1.54, 1.807) is 0 Å². The summed E-state index contributed by atoms with van der Waals surface area (Å²) < 4.78 is 2.31. The van der Waals surface area contributed by atoms with Gasteiger partial charge in [0.05, 0.1) is 6.33 Å². The number of hydrogen-bond donors (Lipinski definition) is 0. The summed E-state index contributed by atoms with van der Waals surface area (Å²) in [7, 11) is 0. The van der Waals surface area contributed by atoms with Crippen LogP contribution in [0.1, 0.15) is 30.9 Å². The number of imidazole rings is 1. The first-order valence-electron chi connectivity index (χ1n) is 9.11. The van der Waals surface area contributed by atoms with Gasteiger partial charge in [0.1, 0.15) is 0 Å². The molecule has 142 valence electrons. The van der Waals surface area contributed by atoms with Crippen LogP contribution in [0.25, 0.3) is 0 Å². The normalized spacial score (nSPS) is 13.4. The Labute approximate surface area is 175 Å². The maximum atomic E-state index is 6.01. The highest BCUT2D eigenvalue weighted by Crippen LogP contribution is 2.35. The number of hydrogen-bond acceptors (Lipinski definition) is 2. The van der Waals surface area contributed by atoms with Crippen molar-refractivity contribution < 1.29 is 0 Å². The zero-order valence-corrected chi connectivity index (χ0v) is 17.8. The van der Waals surface area contributed by atoms with Gasteiger partial charge in [-0.2, -0.15) is 0 Å². The molecule has 27 heavy (non-hydrogen) atoms. The second-order valence-corrected chi connectivity index (χ2v) is 9.52. The minimum Gasteiger partial charge on any atom is -0.336 e. The van der Waals surface area contributed by atoms with Crippen molar-refractivity contribution >= 4 is 35.0 Å². The van der Waals surface area contributed by atoms with E-state index in [-0.39, 0.29) is 4.75 Å². The molecule has 2 aromatic carbocycles. The van der Waals surface area contributed by atoms with E-state index in [1.807, 2.05) is 54.7 Å². The van der Waals surface area contributed by atoms with E-state index < -0.39 is 0 Å². The molecule has 0 saturated carbocycles. The lowest BCUT2D eigenvalue weighted by Crippen LogP contribution is -2.27.